The number of hydrazone groups is 1. The van der Waals surface area contributed by atoms with Crippen LogP contribution in [-0.4, -0.2) is 5.71 Å². The number of rotatable bonds is 1. The van der Waals surface area contributed by atoms with Crippen molar-refractivity contribution in [1.29, 1.82) is 0 Å². The van der Waals surface area contributed by atoms with Gasteiger partial charge in [0.05, 0.1) is 5.71 Å². The first kappa shape index (κ1) is 9.36. The second-order valence-corrected chi connectivity index (χ2v) is 3.18. The summed E-state index contributed by atoms with van der Waals surface area (Å²) >= 11 is 11.6. The topological polar surface area (TPSA) is 38.4 Å². The zero-order chi connectivity index (χ0) is 9.14. The van der Waals surface area contributed by atoms with Gasteiger partial charge in [0.25, 0.3) is 0 Å². The quantitative estimate of drug-likeness (QED) is 0.425. The highest BCUT2D eigenvalue weighted by Crippen LogP contribution is 2.20. The van der Waals surface area contributed by atoms with Crippen molar-refractivity contribution >= 4 is 28.9 Å². The van der Waals surface area contributed by atoms with Crippen LogP contribution in [0, 0.1) is 0 Å². The maximum atomic E-state index is 5.87. The molecule has 0 aromatic heterocycles. The van der Waals surface area contributed by atoms with Crippen LogP contribution in [-0.2, 0) is 0 Å². The average molecular weight is 203 g/mol. The molecule has 2 nitrogen and oxygen atoms in total. The van der Waals surface area contributed by atoms with E-state index in [0.29, 0.717) is 15.8 Å². The van der Waals surface area contributed by atoms with E-state index in [9.17, 15) is 0 Å². The Balaban J connectivity index is 3.23. The minimum Gasteiger partial charge on any atom is -0.323 e. The lowest BCUT2D eigenvalue weighted by atomic mass is 10.1. The van der Waals surface area contributed by atoms with E-state index in [2.05, 4.69) is 5.10 Å². The van der Waals surface area contributed by atoms with Gasteiger partial charge >= 0.3 is 0 Å². The Labute approximate surface area is 81.0 Å². The van der Waals surface area contributed by atoms with E-state index in [1.165, 1.54) is 0 Å². The van der Waals surface area contributed by atoms with Crippen LogP contribution >= 0.6 is 23.2 Å². The van der Waals surface area contributed by atoms with Gasteiger partial charge in [-0.15, -0.1) is 0 Å². The van der Waals surface area contributed by atoms with Crippen molar-refractivity contribution in [2.75, 3.05) is 0 Å². The summed E-state index contributed by atoms with van der Waals surface area (Å²) in [5.41, 5.74) is 1.44. The Hall–Kier alpha value is -0.730. The molecule has 1 rings (SSSR count). The van der Waals surface area contributed by atoms with Crippen molar-refractivity contribution < 1.29 is 0 Å². The Morgan fingerprint density at radius 3 is 2.67 bits per heavy atom. The fraction of sp³-hybridized carbons (Fsp3) is 0.125. The predicted octanol–water partition coefficient (Wildman–Crippen LogP) is 2.68. The first-order chi connectivity index (χ1) is 5.65. The number of benzene rings is 1. The van der Waals surface area contributed by atoms with Gasteiger partial charge in [0.1, 0.15) is 0 Å². The summed E-state index contributed by atoms with van der Waals surface area (Å²) < 4.78 is 0. The zero-order valence-electron chi connectivity index (χ0n) is 6.51. The SMILES string of the molecule is C/C(=N/N)c1cc(Cl)ccc1Cl. The van der Waals surface area contributed by atoms with E-state index in [1.54, 1.807) is 25.1 Å². The standard InChI is InChI=1S/C8H8Cl2N2/c1-5(12-11)7-4-6(9)2-3-8(7)10/h2-4H,11H2,1H3/b12-5-. The fourth-order valence-electron chi connectivity index (χ4n) is 0.844. The third-order valence-electron chi connectivity index (χ3n) is 1.51. The van der Waals surface area contributed by atoms with E-state index in [0.717, 1.165) is 5.56 Å². The molecule has 2 N–H and O–H groups in total. The molecular formula is C8H8Cl2N2. The second-order valence-electron chi connectivity index (χ2n) is 2.34. The number of nitrogens with two attached hydrogens (primary N) is 1. The van der Waals surface area contributed by atoms with Crippen molar-refractivity contribution in [2.45, 2.75) is 6.92 Å². The third-order valence-corrected chi connectivity index (χ3v) is 2.08. The number of halogens is 2. The molecule has 4 heteroatoms. The molecule has 0 saturated heterocycles. The largest absolute Gasteiger partial charge is 0.323 e. The zero-order valence-corrected chi connectivity index (χ0v) is 8.02. The van der Waals surface area contributed by atoms with Gasteiger partial charge < -0.3 is 5.84 Å². The van der Waals surface area contributed by atoms with Gasteiger partial charge in [-0.3, -0.25) is 0 Å². The molecule has 0 amide bonds. The van der Waals surface area contributed by atoms with Crippen LogP contribution in [0.15, 0.2) is 23.3 Å². The van der Waals surface area contributed by atoms with Crippen LogP contribution in [0.3, 0.4) is 0 Å². The summed E-state index contributed by atoms with van der Waals surface area (Å²) in [6, 6.07) is 5.17. The highest BCUT2D eigenvalue weighted by atomic mass is 35.5. The lowest BCUT2D eigenvalue weighted by molar-refractivity contribution is 1.24. The molecule has 0 aliphatic heterocycles. The minimum absolute atomic E-state index is 0.603. The van der Waals surface area contributed by atoms with Crippen LogP contribution < -0.4 is 5.84 Å². The van der Waals surface area contributed by atoms with Crippen molar-refractivity contribution in [2.24, 2.45) is 10.9 Å². The molecule has 12 heavy (non-hydrogen) atoms. The van der Waals surface area contributed by atoms with E-state index in [-0.39, 0.29) is 0 Å². The lowest BCUT2D eigenvalue weighted by Gasteiger charge is -2.02. The molecule has 0 unspecified atom stereocenters. The fourth-order valence-corrected chi connectivity index (χ4v) is 1.27. The molecule has 0 atom stereocenters. The van der Waals surface area contributed by atoms with Gasteiger partial charge in [-0.05, 0) is 25.1 Å². The minimum atomic E-state index is 0.603. The lowest BCUT2D eigenvalue weighted by Crippen LogP contribution is -1.99. The van der Waals surface area contributed by atoms with Crippen LogP contribution in [0.4, 0.5) is 0 Å². The molecule has 0 radical (unpaired) electrons. The number of nitrogens with zero attached hydrogens (tertiary/aromatic N) is 1. The maximum absolute atomic E-state index is 5.87. The second kappa shape index (κ2) is 3.78. The van der Waals surface area contributed by atoms with E-state index in [4.69, 9.17) is 29.0 Å². The summed E-state index contributed by atoms with van der Waals surface area (Å²) in [7, 11) is 0. The van der Waals surface area contributed by atoms with Crippen LogP contribution in [0.2, 0.25) is 10.0 Å². The predicted molar refractivity (Wildman–Crippen MR) is 52.9 cm³/mol. The smallest absolute Gasteiger partial charge is 0.0657 e. The summed E-state index contributed by atoms with van der Waals surface area (Å²) in [5, 5.41) is 4.76. The van der Waals surface area contributed by atoms with E-state index in [1.807, 2.05) is 0 Å². The first-order valence-corrected chi connectivity index (χ1v) is 4.10. The molecule has 0 spiro atoms. The molecule has 0 saturated carbocycles. The highest BCUT2D eigenvalue weighted by Gasteiger charge is 2.03. The van der Waals surface area contributed by atoms with Gasteiger partial charge in [0.2, 0.25) is 0 Å². The molecule has 0 aliphatic rings. The third kappa shape index (κ3) is 1.90. The number of hydrogen-bond acceptors (Lipinski definition) is 2. The molecule has 0 bridgehead atoms. The Morgan fingerprint density at radius 2 is 2.08 bits per heavy atom. The highest BCUT2D eigenvalue weighted by molar-refractivity contribution is 6.36. The summed E-state index contributed by atoms with van der Waals surface area (Å²) in [6.45, 7) is 1.78. The van der Waals surface area contributed by atoms with E-state index < -0.39 is 0 Å². The van der Waals surface area contributed by atoms with E-state index >= 15 is 0 Å². The molecular weight excluding hydrogens is 195 g/mol. The van der Waals surface area contributed by atoms with Gasteiger partial charge in [0.15, 0.2) is 0 Å². The summed E-state index contributed by atoms with van der Waals surface area (Å²) in [4.78, 5) is 0. The van der Waals surface area contributed by atoms with Gasteiger partial charge in [0, 0.05) is 15.6 Å². The van der Waals surface area contributed by atoms with Crippen LogP contribution in [0.1, 0.15) is 12.5 Å². The molecule has 64 valence electrons. The van der Waals surface area contributed by atoms with Gasteiger partial charge in [-0.1, -0.05) is 23.2 Å². The van der Waals surface area contributed by atoms with Crippen LogP contribution in [0.5, 0.6) is 0 Å². The van der Waals surface area contributed by atoms with Crippen LogP contribution in [0.25, 0.3) is 0 Å². The summed E-state index contributed by atoms with van der Waals surface area (Å²) in [5.74, 6) is 5.11. The molecule has 1 aromatic carbocycles. The number of hydrogen-bond donors (Lipinski definition) is 1. The molecule has 0 aliphatic carbocycles. The van der Waals surface area contributed by atoms with Gasteiger partial charge in [-0.25, -0.2) is 0 Å². The monoisotopic (exact) mass is 202 g/mol. The van der Waals surface area contributed by atoms with Crippen molar-refractivity contribution in [3.8, 4) is 0 Å². The Bertz CT molecular complexity index is 321. The molecule has 0 fully saturated rings. The molecule has 0 heterocycles. The van der Waals surface area contributed by atoms with Crippen molar-refractivity contribution in [3.05, 3.63) is 33.8 Å². The van der Waals surface area contributed by atoms with Crippen molar-refractivity contribution in [3.63, 3.8) is 0 Å². The normalized spacial score (nSPS) is 11.8. The maximum Gasteiger partial charge on any atom is 0.0657 e. The Kier molecular flexibility index (Phi) is 2.95. The van der Waals surface area contributed by atoms with Crippen molar-refractivity contribution in [1.82, 2.24) is 0 Å². The Morgan fingerprint density at radius 1 is 1.42 bits per heavy atom. The molecule has 1 aromatic rings. The van der Waals surface area contributed by atoms with Gasteiger partial charge in [-0.2, -0.15) is 5.10 Å². The average Bonchev–Trinajstić information content (AvgIpc) is 2.08. The summed E-state index contributed by atoms with van der Waals surface area (Å²) in [6.07, 6.45) is 0. The first-order valence-electron chi connectivity index (χ1n) is 3.35.